The van der Waals surface area contributed by atoms with Crippen LogP contribution in [0.15, 0.2) is 48.9 Å². The first-order valence-electron chi connectivity index (χ1n) is 13.1. The van der Waals surface area contributed by atoms with Gasteiger partial charge in [-0.05, 0) is 55.8 Å². The van der Waals surface area contributed by atoms with Gasteiger partial charge in [0.25, 0.3) is 0 Å². The lowest BCUT2D eigenvalue weighted by molar-refractivity contribution is 0.0680. The minimum absolute atomic E-state index is 0.239. The van der Waals surface area contributed by atoms with Crippen LogP contribution in [0.3, 0.4) is 0 Å². The number of nitrogens with zero attached hydrogens (tertiary/aromatic N) is 8. The maximum atomic E-state index is 6.32. The van der Waals surface area contributed by atoms with Crippen LogP contribution in [0.4, 0.5) is 11.9 Å². The number of para-hydroxylation sites is 1. The van der Waals surface area contributed by atoms with Crippen LogP contribution >= 0.6 is 0 Å². The zero-order chi connectivity index (χ0) is 24.7. The van der Waals surface area contributed by atoms with Crippen molar-refractivity contribution >= 4 is 17.5 Å². The summed E-state index contributed by atoms with van der Waals surface area (Å²) in [6.07, 6.45) is 10.5. The predicted molar refractivity (Wildman–Crippen MR) is 141 cm³/mol. The number of hydrogen-bond acceptors (Lipinski definition) is 7. The van der Waals surface area contributed by atoms with Gasteiger partial charge in [0.05, 0.1) is 11.9 Å². The number of fused-ring (bicyclic) bond motifs is 1. The zero-order valence-electron chi connectivity index (χ0n) is 21.2. The third kappa shape index (κ3) is 4.21. The van der Waals surface area contributed by atoms with Gasteiger partial charge in [-0.15, -0.1) is 0 Å². The number of rotatable bonds is 5. The second-order valence-corrected chi connectivity index (χ2v) is 10.8. The third-order valence-corrected chi connectivity index (χ3v) is 7.85. The molecule has 0 radical (unpaired) electrons. The van der Waals surface area contributed by atoms with E-state index in [4.69, 9.17) is 10.7 Å². The summed E-state index contributed by atoms with van der Waals surface area (Å²) >= 11 is 0. The molecule has 4 aromatic rings. The van der Waals surface area contributed by atoms with Crippen LogP contribution in [0.5, 0.6) is 0 Å². The highest BCUT2D eigenvalue weighted by atomic mass is 15.4. The molecular formula is C27H35N9. The molecule has 9 heteroatoms. The van der Waals surface area contributed by atoms with E-state index in [0.29, 0.717) is 11.9 Å². The first kappa shape index (κ1) is 23.0. The topological polar surface area (TPSA) is 93.4 Å². The molecule has 0 amide bonds. The average molecular weight is 486 g/mol. The summed E-state index contributed by atoms with van der Waals surface area (Å²) in [4.78, 5) is 14.6. The van der Waals surface area contributed by atoms with Crippen LogP contribution in [0.2, 0.25) is 0 Å². The van der Waals surface area contributed by atoms with Crippen LogP contribution in [0.1, 0.15) is 56.6 Å². The monoisotopic (exact) mass is 485 g/mol. The van der Waals surface area contributed by atoms with Crippen LogP contribution in [-0.2, 0) is 6.54 Å². The second kappa shape index (κ2) is 9.20. The van der Waals surface area contributed by atoms with Gasteiger partial charge in [0.15, 0.2) is 5.65 Å². The van der Waals surface area contributed by atoms with Gasteiger partial charge in [-0.25, -0.2) is 4.68 Å². The fourth-order valence-corrected chi connectivity index (χ4v) is 6.13. The van der Waals surface area contributed by atoms with Crippen molar-refractivity contribution in [1.29, 1.82) is 0 Å². The molecule has 6 rings (SSSR count). The first-order valence-corrected chi connectivity index (χ1v) is 13.1. The smallest absolute Gasteiger partial charge is 0.230 e. The Labute approximate surface area is 211 Å². The highest BCUT2D eigenvalue weighted by Crippen LogP contribution is 2.40. The summed E-state index contributed by atoms with van der Waals surface area (Å²) in [5, 5.41) is 8.89. The number of benzene rings is 1. The number of likely N-dealkylation sites (tertiary alicyclic amines) is 1. The standard InChI is InChI=1S/C27H35N9/c1-20(2)22-16-30-36-24(22)31-26(32-25(36)28)34-14-6-11-27(19-34)10-5-13-33(18-27)17-21-8-3-4-9-23(21)35-15-7-12-29-35/h3-4,7-9,12,15-16,20H,5-6,10-11,13-14,17-19H2,1-2H3,(H2,28,31,32). The summed E-state index contributed by atoms with van der Waals surface area (Å²) in [7, 11) is 0. The highest BCUT2D eigenvalue weighted by molar-refractivity contribution is 5.55. The SMILES string of the molecule is CC(C)c1cnn2c(N)nc(N3CCCC4(CCCN(Cc5ccccc5-n5cccn5)C4)C3)nc12. The molecule has 1 atom stereocenters. The summed E-state index contributed by atoms with van der Waals surface area (Å²) in [5.41, 5.74) is 11.0. The molecular weight excluding hydrogens is 450 g/mol. The molecule has 1 spiro atoms. The van der Waals surface area contributed by atoms with Gasteiger partial charge in [-0.2, -0.15) is 24.7 Å². The molecule has 5 heterocycles. The lowest BCUT2D eigenvalue weighted by Crippen LogP contribution is -2.52. The Morgan fingerprint density at radius 3 is 2.64 bits per heavy atom. The zero-order valence-corrected chi connectivity index (χ0v) is 21.2. The molecule has 2 aliphatic heterocycles. The number of aromatic nitrogens is 6. The summed E-state index contributed by atoms with van der Waals surface area (Å²) in [6.45, 7) is 9.38. The molecule has 2 aliphatic rings. The van der Waals surface area contributed by atoms with E-state index in [9.17, 15) is 0 Å². The largest absolute Gasteiger partial charge is 0.368 e. The predicted octanol–water partition coefficient (Wildman–Crippen LogP) is 3.90. The van der Waals surface area contributed by atoms with E-state index in [1.807, 2.05) is 29.3 Å². The van der Waals surface area contributed by atoms with Crippen molar-refractivity contribution in [2.75, 3.05) is 36.8 Å². The van der Waals surface area contributed by atoms with Gasteiger partial charge in [-0.1, -0.05) is 32.0 Å². The number of piperidine rings is 2. The third-order valence-electron chi connectivity index (χ3n) is 7.85. The minimum atomic E-state index is 0.239. The lowest BCUT2D eigenvalue weighted by atomic mass is 9.73. The van der Waals surface area contributed by atoms with E-state index in [1.165, 1.54) is 24.8 Å². The number of anilines is 2. The van der Waals surface area contributed by atoms with Gasteiger partial charge in [-0.3, -0.25) is 4.90 Å². The van der Waals surface area contributed by atoms with E-state index < -0.39 is 0 Å². The Morgan fingerprint density at radius 1 is 1.00 bits per heavy atom. The average Bonchev–Trinajstić information content (AvgIpc) is 3.55. The highest BCUT2D eigenvalue weighted by Gasteiger charge is 2.40. The number of hydrogen-bond donors (Lipinski definition) is 1. The Kier molecular flexibility index (Phi) is 5.87. The van der Waals surface area contributed by atoms with Gasteiger partial charge in [0, 0.05) is 49.6 Å². The van der Waals surface area contributed by atoms with Crippen molar-refractivity contribution < 1.29 is 0 Å². The van der Waals surface area contributed by atoms with Gasteiger partial charge in [0.1, 0.15) is 0 Å². The van der Waals surface area contributed by atoms with Crippen molar-refractivity contribution in [2.45, 2.75) is 52.0 Å². The van der Waals surface area contributed by atoms with E-state index in [0.717, 1.165) is 62.0 Å². The van der Waals surface area contributed by atoms with Crippen molar-refractivity contribution in [3.8, 4) is 5.69 Å². The Bertz CT molecular complexity index is 1340. The molecule has 0 saturated carbocycles. The van der Waals surface area contributed by atoms with Crippen LogP contribution in [0.25, 0.3) is 11.3 Å². The van der Waals surface area contributed by atoms with Crippen molar-refractivity contribution in [3.05, 3.63) is 60.0 Å². The van der Waals surface area contributed by atoms with Gasteiger partial charge in [0.2, 0.25) is 11.9 Å². The molecule has 3 aromatic heterocycles. The van der Waals surface area contributed by atoms with E-state index >= 15 is 0 Å². The Hall–Kier alpha value is -3.46. The maximum Gasteiger partial charge on any atom is 0.230 e. The first-order chi connectivity index (χ1) is 17.5. The van der Waals surface area contributed by atoms with E-state index in [2.05, 4.69) is 63.1 Å². The number of nitrogen functional groups attached to an aromatic ring is 1. The van der Waals surface area contributed by atoms with Crippen molar-refractivity contribution in [3.63, 3.8) is 0 Å². The molecule has 0 bridgehead atoms. The fraction of sp³-hybridized carbons (Fsp3) is 0.481. The molecule has 1 unspecified atom stereocenters. The normalized spacial score (nSPS) is 21.1. The summed E-state index contributed by atoms with van der Waals surface area (Å²) in [5.74, 6) is 1.47. The Morgan fingerprint density at radius 2 is 1.83 bits per heavy atom. The van der Waals surface area contributed by atoms with Gasteiger partial charge < -0.3 is 10.6 Å². The molecule has 2 fully saturated rings. The van der Waals surface area contributed by atoms with E-state index in [1.54, 1.807) is 4.52 Å². The van der Waals surface area contributed by atoms with Crippen molar-refractivity contribution in [2.24, 2.45) is 5.41 Å². The van der Waals surface area contributed by atoms with Crippen LogP contribution in [0, 0.1) is 5.41 Å². The molecule has 2 saturated heterocycles. The Balaban J connectivity index is 1.23. The summed E-state index contributed by atoms with van der Waals surface area (Å²) in [6, 6.07) is 10.6. The molecule has 36 heavy (non-hydrogen) atoms. The summed E-state index contributed by atoms with van der Waals surface area (Å²) < 4.78 is 3.63. The fourth-order valence-electron chi connectivity index (χ4n) is 6.13. The second-order valence-electron chi connectivity index (χ2n) is 10.8. The van der Waals surface area contributed by atoms with Crippen LogP contribution in [-0.4, -0.2) is 60.4 Å². The molecule has 2 N–H and O–H groups in total. The van der Waals surface area contributed by atoms with Crippen LogP contribution < -0.4 is 10.6 Å². The van der Waals surface area contributed by atoms with E-state index in [-0.39, 0.29) is 5.41 Å². The molecule has 1 aromatic carbocycles. The molecule has 9 nitrogen and oxygen atoms in total. The quantitative estimate of drug-likeness (QED) is 0.458. The minimum Gasteiger partial charge on any atom is -0.368 e. The maximum absolute atomic E-state index is 6.32. The van der Waals surface area contributed by atoms with Crippen molar-refractivity contribution in [1.82, 2.24) is 34.3 Å². The molecule has 188 valence electrons. The number of nitrogens with two attached hydrogens (primary N) is 1. The van der Waals surface area contributed by atoms with Gasteiger partial charge >= 0.3 is 0 Å². The molecule has 0 aliphatic carbocycles. The lowest BCUT2D eigenvalue weighted by Gasteiger charge is -2.48.